The Morgan fingerprint density at radius 3 is 2.36 bits per heavy atom. The van der Waals surface area contributed by atoms with E-state index in [4.69, 9.17) is 0 Å². The number of anilines is 1. The first kappa shape index (κ1) is 16.5. The zero-order valence-corrected chi connectivity index (χ0v) is 13.2. The quantitative estimate of drug-likeness (QED) is 0.811. The summed E-state index contributed by atoms with van der Waals surface area (Å²) in [5.41, 5.74) is 0.652. The lowest BCUT2D eigenvalue weighted by molar-refractivity contribution is -0.135. The van der Waals surface area contributed by atoms with E-state index in [0.717, 1.165) is 25.9 Å². The van der Waals surface area contributed by atoms with Gasteiger partial charge in [-0.15, -0.1) is 0 Å². The minimum Gasteiger partial charge on any atom is -0.342 e. The first-order valence-electron chi connectivity index (χ1n) is 7.91. The molecule has 5 heteroatoms. The number of amides is 2. The number of rotatable bonds is 6. The second-order valence-corrected chi connectivity index (χ2v) is 5.71. The van der Waals surface area contributed by atoms with Gasteiger partial charge >= 0.3 is 0 Å². The molecule has 1 aromatic rings. The van der Waals surface area contributed by atoms with Crippen molar-refractivity contribution in [2.45, 2.75) is 33.1 Å². The smallest absolute Gasteiger partial charge is 0.228 e. The van der Waals surface area contributed by atoms with E-state index in [2.05, 4.69) is 0 Å². The zero-order valence-electron chi connectivity index (χ0n) is 13.2. The molecule has 0 spiro atoms. The van der Waals surface area contributed by atoms with E-state index in [0.29, 0.717) is 12.2 Å². The fraction of sp³-hybridized carbons (Fsp3) is 0.529. The molecule has 0 N–H and O–H groups in total. The molecule has 120 valence electrons. The molecular formula is C17H23FN2O2. The number of halogens is 1. The molecule has 0 unspecified atom stereocenters. The van der Waals surface area contributed by atoms with Gasteiger partial charge in [0.05, 0.1) is 5.92 Å². The summed E-state index contributed by atoms with van der Waals surface area (Å²) in [7, 11) is 0. The lowest BCUT2D eigenvalue weighted by Crippen LogP contribution is -2.38. The van der Waals surface area contributed by atoms with E-state index in [9.17, 15) is 14.0 Å². The van der Waals surface area contributed by atoms with Gasteiger partial charge in [-0.25, -0.2) is 4.39 Å². The standard InChI is InChI=1S/C17H23FN2O2/c1-3-9-19(10-4-2)17(22)13-11-16(21)20(12-13)15-7-5-14(18)6-8-15/h5-8,13H,3-4,9-12H2,1-2H3/t13-/m0/s1. The van der Waals surface area contributed by atoms with Crippen LogP contribution in [-0.4, -0.2) is 36.3 Å². The van der Waals surface area contributed by atoms with Crippen LogP contribution in [0.4, 0.5) is 10.1 Å². The second-order valence-electron chi connectivity index (χ2n) is 5.71. The molecule has 1 aromatic carbocycles. The number of benzene rings is 1. The van der Waals surface area contributed by atoms with Crippen molar-refractivity contribution in [1.82, 2.24) is 4.90 Å². The predicted molar refractivity (Wildman–Crippen MR) is 84.0 cm³/mol. The van der Waals surface area contributed by atoms with Gasteiger partial charge in [-0.05, 0) is 37.1 Å². The van der Waals surface area contributed by atoms with Gasteiger partial charge in [0, 0.05) is 31.7 Å². The maximum Gasteiger partial charge on any atom is 0.228 e. The molecule has 1 atom stereocenters. The Labute approximate surface area is 130 Å². The molecule has 2 rings (SSSR count). The summed E-state index contributed by atoms with van der Waals surface area (Å²) in [5.74, 6) is -0.643. The first-order chi connectivity index (χ1) is 10.6. The van der Waals surface area contributed by atoms with Crippen molar-refractivity contribution in [2.24, 2.45) is 5.92 Å². The van der Waals surface area contributed by atoms with Crippen LogP contribution in [0.15, 0.2) is 24.3 Å². The number of carbonyl (C=O) groups excluding carboxylic acids is 2. The summed E-state index contributed by atoms with van der Waals surface area (Å²) < 4.78 is 13.0. The SMILES string of the molecule is CCCN(CCC)C(=O)[C@H]1CC(=O)N(c2ccc(F)cc2)C1. The van der Waals surface area contributed by atoms with Crippen molar-refractivity contribution < 1.29 is 14.0 Å². The highest BCUT2D eigenvalue weighted by Crippen LogP contribution is 2.26. The van der Waals surface area contributed by atoms with Gasteiger partial charge < -0.3 is 9.80 Å². The molecule has 0 saturated carbocycles. The van der Waals surface area contributed by atoms with Crippen LogP contribution in [-0.2, 0) is 9.59 Å². The van der Waals surface area contributed by atoms with Crippen LogP contribution in [0.5, 0.6) is 0 Å². The van der Waals surface area contributed by atoms with Gasteiger partial charge in [0.2, 0.25) is 11.8 Å². The normalized spacial score (nSPS) is 17.9. The molecule has 0 radical (unpaired) electrons. The van der Waals surface area contributed by atoms with E-state index in [-0.39, 0.29) is 30.0 Å². The Balaban J connectivity index is 2.07. The summed E-state index contributed by atoms with van der Waals surface area (Å²) in [6.45, 7) is 5.93. The molecule has 1 aliphatic heterocycles. The fourth-order valence-corrected chi connectivity index (χ4v) is 2.87. The Morgan fingerprint density at radius 1 is 1.23 bits per heavy atom. The summed E-state index contributed by atoms with van der Waals surface area (Å²) in [6.07, 6.45) is 2.06. The van der Waals surface area contributed by atoms with E-state index < -0.39 is 0 Å². The number of hydrogen-bond donors (Lipinski definition) is 0. The molecule has 1 aliphatic rings. The Morgan fingerprint density at radius 2 is 1.82 bits per heavy atom. The van der Waals surface area contributed by atoms with Crippen molar-refractivity contribution in [3.05, 3.63) is 30.1 Å². The summed E-state index contributed by atoms with van der Waals surface area (Å²) in [5, 5.41) is 0. The van der Waals surface area contributed by atoms with Crippen LogP contribution in [0.3, 0.4) is 0 Å². The van der Waals surface area contributed by atoms with Gasteiger partial charge in [-0.3, -0.25) is 9.59 Å². The number of carbonyl (C=O) groups is 2. The lowest BCUT2D eigenvalue weighted by atomic mass is 10.1. The molecule has 1 saturated heterocycles. The molecule has 0 aliphatic carbocycles. The topological polar surface area (TPSA) is 40.6 Å². The third-order valence-electron chi connectivity index (χ3n) is 3.91. The fourth-order valence-electron chi connectivity index (χ4n) is 2.87. The van der Waals surface area contributed by atoms with Crippen LogP contribution in [0.2, 0.25) is 0 Å². The van der Waals surface area contributed by atoms with Crippen LogP contribution in [0, 0.1) is 11.7 Å². The summed E-state index contributed by atoms with van der Waals surface area (Å²) in [6, 6.07) is 5.82. The van der Waals surface area contributed by atoms with E-state index >= 15 is 0 Å². The van der Waals surface area contributed by atoms with E-state index in [1.807, 2.05) is 18.7 Å². The van der Waals surface area contributed by atoms with Gasteiger partial charge in [-0.1, -0.05) is 13.8 Å². The van der Waals surface area contributed by atoms with Gasteiger partial charge in [0.25, 0.3) is 0 Å². The predicted octanol–water partition coefficient (Wildman–Crippen LogP) is 2.83. The third-order valence-corrected chi connectivity index (χ3v) is 3.91. The minimum absolute atomic E-state index is 0.0571. The maximum absolute atomic E-state index is 13.0. The van der Waals surface area contributed by atoms with Crippen molar-refractivity contribution >= 4 is 17.5 Å². The van der Waals surface area contributed by atoms with Crippen molar-refractivity contribution in [1.29, 1.82) is 0 Å². The number of hydrogen-bond acceptors (Lipinski definition) is 2. The number of nitrogens with zero attached hydrogens (tertiary/aromatic N) is 2. The summed E-state index contributed by atoms with van der Waals surface area (Å²) in [4.78, 5) is 28.2. The largest absolute Gasteiger partial charge is 0.342 e. The summed E-state index contributed by atoms with van der Waals surface area (Å²) >= 11 is 0. The van der Waals surface area contributed by atoms with Crippen LogP contribution < -0.4 is 4.90 Å². The van der Waals surface area contributed by atoms with Crippen molar-refractivity contribution in [3.8, 4) is 0 Å². The highest BCUT2D eigenvalue weighted by atomic mass is 19.1. The van der Waals surface area contributed by atoms with E-state index in [1.165, 1.54) is 12.1 Å². The van der Waals surface area contributed by atoms with Gasteiger partial charge in [0.1, 0.15) is 5.82 Å². The maximum atomic E-state index is 13.0. The molecule has 2 amide bonds. The average molecular weight is 306 g/mol. The average Bonchev–Trinajstić information content (AvgIpc) is 2.89. The van der Waals surface area contributed by atoms with Crippen LogP contribution >= 0.6 is 0 Å². The molecule has 4 nitrogen and oxygen atoms in total. The van der Waals surface area contributed by atoms with Crippen molar-refractivity contribution in [3.63, 3.8) is 0 Å². The van der Waals surface area contributed by atoms with Crippen LogP contribution in [0.25, 0.3) is 0 Å². The highest BCUT2D eigenvalue weighted by Gasteiger charge is 2.36. The van der Waals surface area contributed by atoms with E-state index in [1.54, 1.807) is 17.0 Å². The third kappa shape index (κ3) is 3.64. The minimum atomic E-state index is -0.333. The lowest BCUT2D eigenvalue weighted by Gasteiger charge is -2.24. The molecular weight excluding hydrogens is 283 g/mol. The molecule has 0 aromatic heterocycles. The van der Waals surface area contributed by atoms with Gasteiger partial charge in [0.15, 0.2) is 0 Å². The molecule has 1 fully saturated rings. The highest BCUT2D eigenvalue weighted by molar-refractivity contribution is 6.00. The van der Waals surface area contributed by atoms with Gasteiger partial charge in [-0.2, -0.15) is 0 Å². The molecule has 0 bridgehead atoms. The molecule has 1 heterocycles. The molecule has 22 heavy (non-hydrogen) atoms. The second kappa shape index (κ2) is 7.38. The Bertz CT molecular complexity index is 524. The van der Waals surface area contributed by atoms with Crippen LogP contribution in [0.1, 0.15) is 33.1 Å². The van der Waals surface area contributed by atoms with Crippen molar-refractivity contribution in [2.75, 3.05) is 24.5 Å². The Kier molecular flexibility index (Phi) is 5.52. The first-order valence-corrected chi connectivity index (χ1v) is 7.91. The monoisotopic (exact) mass is 306 g/mol. The Hall–Kier alpha value is -1.91. The zero-order chi connectivity index (χ0) is 16.1.